The van der Waals surface area contributed by atoms with Crippen LogP contribution in [0.5, 0.6) is 0 Å². The summed E-state index contributed by atoms with van der Waals surface area (Å²) >= 11 is -1.59. The van der Waals surface area contributed by atoms with Crippen LogP contribution in [0.3, 0.4) is 0 Å². The van der Waals surface area contributed by atoms with Gasteiger partial charge in [0.15, 0.2) is 11.9 Å². The molecule has 6 nitrogen and oxygen atoms in total. The lowest BCUT2D eigenvalue weighted by molar-refractivity contribution is -0.777. The van der Waals surface area contributed by atoms with E-state index in [2.05, 4.69) is 14.1 Å². The van der Waals surface area contributed by atoms with Gasteiger partial charge in [0, 0.05) is 6.42 Å². The smallest absolute Gasteiger partial charge is 0.425 e. The number of Topliss-reactive ketones (excluding diaryl/α,β-unsaturated/α-hetero) is 1. The molecule has 0 saturated heterocycles. The first-order valence-corrected chi connectivity index (χ1v) is 6.73. The number of carbonyl (C=O) groups is 2. The Kier molecular flexibility index (Phi) is 6.29. The zero-order chi connectivity index (χ0) is 17.9. The van der Waals surface area contributed by atoms with Crippen LogP contribution in [0.2, 0.25) is 0 Å². The average Bonchev–Trinajstić information content (AvgIpc) is 2.39. The Hall–Kier alpha value is -1.05. The van der Waals surface area contributed by atoms with Gasteiger partial charge in [-0.05, 0) is 19.3 Å². The maximum atomic E-state index is 12.9. The number of ketones is 1. The second kappa shape index (κ2) is 7.23. The predicted octanol–water partition coefficient (Wildman–Crippen LogP) is 1.78. The highest BCUT2D eigenvalue weighted by molar-refractivity contribution is 7.96. The Balaban J connectivity index is 3.16. The van der Waals surface area contributed by atoms with Crippen LogP contribution in [0.15, 0.2) is 0 Å². The van der Waals surface area contributed by atoms with Crippen LogP contribution in [0.25, 0.3) is 0 Å². The van der Waals surface area contributed by atoms with Crippen molar-refractivity contribution >= 4 is 23.8 Å². The summed E-state index contributed by atoms with van der Waals surface area (Å²) in [6.45, 7) is 0. The van der Waals surface area contributed by atoms with Gasteiger partial charge >= 0.3 is 23.1 Å². The minimum absolute atomic E-state index is 0.129. The molecule has 1 fully saturated rings. The highest BCUT2D eigenvalue weighted by Crippen LogP contribution is 2.53. The summed E-state index contributed by atoms with van der Waals surface area (Å²) in [6.07, 6.45) is -13.8. The largest absolute Gasteiger partial charge is 0.691 e. The van der Waals surface area contributed by atoms with E-state index in [1.54, 1.807) is 0 Å². The molecule has 1 unspecified atom stereocenters. The monoisotopic (exact) mass is 371 g/mol. The van der Waals surface area contributed by atoms with Crippen molar-refractivity contribution in [3.63, 3.8) is 0 Å². The molecule has 13 heteroatoms. The highest BCUT2D eigenvalue weighted by Gasteiger charge is 2.79. The topological polar surface area (TPSA) is 84.9 Å². The molecule has 1 aliphatic carbocycles. The molecular weight excluding hydrogens is 362 g/mol. The molecule has 0 radical (unpaired) electrons. The maximum Gasteiger partial charge on any atom is 0.425 e. The van der Waals surface area contributed by atoms with Gasteiger partial charge < -0.3 is 9.99 Å². The second-order valence-electron chi connectivity index (χ2n) is 4.50. The number of hydrogen-bond acceptors (Lipinski definition) is 7. The first-order chi connectivity index (χ1) is 10.5. The van der Waals surface area contributed by atoms with E-state index in [4.69, 9.17) is 0 Å². The van der Waals surface area contributed by atoms with Crippen molar-refractivity contribution in [3.8, 4) is 0 Å². The van der Waals surface area contributed by atoms with Gasteiger partial charge in [-0.15, -0.1) is 0 Å². The van der Waals surface area contributed by atoms with Gasteiger partial charge in [0.1, 0.15) is 0 Å². The minimum atomic E-state index is -6.23. The molecule has 0 bridgehead atoms. The van der Waals surface area contributed by atoms with Crippen molar-refractivity contribution < 1.29 is 55.3 Å². The third-order valence-corrected chi connectivity index (χ3v) is 4.02. The molecule has 0 amide bonds. The van der Waals surface area contributed by atoms with E-state index in [0.29, 0.717) is 12.8 Å². The van der Waals surface area contributed by atoms with Gasteiger partial charge in [0.25, 0.3) is 0 Å². The molecule has 0 aromatic heterocycles. The van der Waals surface area contributed by atoms with E-state index < -0.39 is 47.0 Å². The Labute approximate surface area is 129 Å². The molecule has 0 aliphatic heterocycles. The van der Waals surface area contributed by atoms with E-state index in [1.807, 2.05) is 0 Å². The standard InChI is InChI=1S/C10H10F6O6S/c11-9(12,13)8(10(14,15)16,23-22-21-19)7(18)20-6-4-2-1-3-5(6)17/h6,19H,1-4H2/p-1. The van der Waals surface area contributed by atoms with Crippen LogP contribution in [-0.4, -0.2) is 35.0 Å². The zero-order valence-electron chi connectivity index (χ0n) is 11.0. The Morgan fingerprint density at radius 3 is 2.13 bits per heavy atom. The SMILES string of the molecule is O=C1CCCCC1OC(=O)C(SOO[O-])(C(F)(F)F)C(F)(F)F. The average molecular weight is 371 g/mol. The van der Waals surface area contributed by atoms with E-state index in [9.17, 15) is 41.2 Å². The summed E-state index contributed by atoms with van der Waals surface area (Å²) in [5.41, 5.74) is 0. The van der Waals surface area contributed by atoms with Crippen LogP contribution in [-0.2, 0) is 23.7 Å². The number of rotatable bonds is 5. The molecule has 1 aliphatic rings. The van der Waals surface area contributed by atoms with Crippen molar-refractivity contribution in [3.05, 3.63) is 0 Å². The van der Waals surface area contributed by atoms with Crippen molar-refractivity contribution in [2.24, 2.45) is 0 Å². The predicted molar refractivity (Wildman–Crippen MR) is 58.0 cm³/mol. The lowest BCUT2D eigenvalue weighted by atomic mass is 9.96. The first kappa shape index (κ1) is 20.0. The lowest BCUT2D eigenvalue weighted by Gasteiger charge is -2.34. The van der Waals surface area contributed by atoms with Gasteiger partial charge in [0.2, 0.25) is 0 Å². The molecule has 0 spiro atoms. The molecule has 23 heavy (non-hydrogen) atoms. The second-order valence-corrected chi connectivity index (χ2v) is 5.42. The van der Waals surface area contributed by atoms with Gasteiger partial charge in [-0.1, -0.05) is 0 Å². The fourth-order valence-corrected chi connectivity index (χ4v) is 2.31. The van der Waals surface area contributed by atoms with Crippen LogP contribution in [0, 0.1) is 0 Å². The fraction of sp³-hybridized carbons (Fsp3) is 0.800. The van der Waals surface area contributed by atoms with Crippen molar-refractivity contribution in [1.82, 2.24) is 0 Å². The zero-order valence-corrected chi connectivity index (χ0v) is 11.8. The van der Waals surface area contributed by atoms with E-state index in [-0.39, 0.29) is 12.8 Å². The third-order valence-electron chi connectivity index (χ3n) is 3.02. The highest BCUT2D eigenvalue weighted by atomic mass is 32.2. The van der Waals surface area contributed by atoms with E-state index >= 15 is 0 Å². The molecule has 0 aromatic carbocycles. The molecule has 0 aromatic rings. The molecule has 0 heterocycles. The van der Waals surface area contributed by atoms with Crippen LogP contribution in [0.1, 0.15) is 25.7 Å². The maximum absolute atomic E-state index is 12.9. The van der Waals surface area contributed by atoms with Gasteiger partial charge in [-0.3, -0.25) is 9.83 Å². The molecule has 134 valence electrons. The molecule has 1 atom stereocenters. The summed E-state index contributed by atoms with van der Waals surface area (Å²) in [7, 11) is 0. The summed E-state index contributed by atoms with van der Waals surface area (Å²) in [4.78, 5) is 23.0. The normalized spacial score (nSPS) is 20.5. The Bertz CT molecular complexity index is 436. The van der Waals surface area contributed by atoms with Crippen LogP contribution < -0.4 is 5.26 Å². The minimum Gasteiger partial charge on any atom is -0.691 e. The van der Waals surface area contributed by atoms with E-state index in [0.717, 1.165) is 0 Å². The molecular formula is C10H9F6O6S-. The van der Waals surface area contributed by atoms with Gasteiger partial charge in [-0.25, -0.2) is 4.79 Å². The van der Waals surface area contributed by atoms with Crippen molar-refractivity contribution in [1.29, 1.82) is 0 Å². The number of alkyl halides is 6. The Morgan fingerprint density at radius 1 is 1.13 bits per heavy atom. The number of carbonyl (C=O) groups excluding carboxylic acids is 2. The molecule has 0 N–H and O–H groups in total. The van der Waals surface area contributed by atoms with Crippen molar-refractivity contribution in [2.75, 3.05) is 0 Å². The first-order valence-electron chi connectivity index (χ1n) is 5.99. The van der Waals surface area contributed by atoms with Crippen molar-refractivity contribution in [2.45, 2.75) is 48.9 Å². The number of halogens is 6. The van der Waals surface area contributed by atoms with E-state index in [1.165, 1.54) is 0 Å². The quantitative estimate of drug-likeness (QED) is 0.239. The van der Waals surface area contributed by atoms with Gasteiger partial charge in [0.05, 0.1) is 12.0 Å². The summed E-state index contributed by atoms with van der Waals surface area (Å²) in [6, 6.07) is 0. The number of hydrogen-bond donors (Lipinski definition) is 0. The van der Waals surface area contributed by atoms with Crippen LogP contribution >= 0.6 is 12.0 Å². The lowest BCUT2D eigenvalue weighted by Crippen LogP contribution is -2.61. The number of ether oxygens (including phenoxy) is 1. The van der Waals surface area contributed by atoms with Gasteiger partial charge in [-0.2, -0.15) is 30.7 Å². The summed E-state index contributed by atoms with van der Waals surface area (Å²) < 4.78 is 79.6. The van der Waals surface area contributed by atoms with Crippen LogP contribution in [0.4, 0.5) is 26.3 Å². The molecule has 1 rings (SSSR count). The Morgan fingerprint density at radius 2 is 1.70 bits per heavy atom. The third kappa shape index (κ3) is 4.08. The summed E-state index contributed by atoms with van der Waals surface area (Å²) in [5, 5.41) is 12.1. The number of esters is 1. The fourth-order valence-electron chi connectivity index (χ4n) is 1.87. The summed E-state index contributed by atoms with van der Waals surface area (Å²) in [5.74, 6) is -3.59. The molecule has 1 saturated carbocycles.